The smallest absolute Gasteiger partial charge is 0.134 e. The van der Waals surface area contributed by atoms with Crippen LogP contribution in [0.15, 0.2) is 16.7 Å². The van der Waals surface area contributed by atoms with Crippen LogP contribution in [0.1, 0.15) is 46.1 Å². The zero-order chi connectivity index (χ0) is 14.4. The summed E-state index contributed by atoms with van der Waals surface area (Å²) in [5.41, 5.74) is 0.891. The van der Waals surface area contributed by atoms with Gasteiger partial charge in [-0.25, -0.2) is 4.98 Å². The van der Waals surface area contributed by atoms with Crippen LogP contribution in [0.4, 0.5) is 5.82 Å². The molecule has 0 unspecified atom stereocenters. The van der Waals surface area contributed by atoms with Crippen LogP contribution in [-0.2, 0) is 6.61 Å². The van der Waals surface area contributed by atoms with Gasteiger partial charge >= 0.3 is 0 Å². The van der Waals surface area contributed by atoms with Gasteiger partial charge in [0.2, 0.25) is 0 Å². The average Bonchev–Trinajstić information content (AvgIpc) is 2.38. The topological polar surface area (TPSA) is 36.4 Å². The molecule has 0 spiro atoms. The number of aliphatic hydroxyl groups is 1. The predicted octanol–water partition coefficient (Wildman–Crippen LogP) is 3.99. The largest absolute Gasteiger partial charge is 0.392 e. The van der Waals surface area contributed by atoms with Crippen molar-refractivity contribution in [1.29, 1.82) is 0 Å². The Kier molecular flexibility index (Phi) is 6.80. The second-order valence-electron chi connectivity index (χ2n) is 5.31. The highest BCUT2D eigenvalue weighted by molar-refractivity contribution is 9.10. The fraction of sp³-hybridized carbons (Fsp3) is 0.667. The normalized spacial score (nSPS) is 11.4. The molecule has 0 aliphatic rings. The van der Waals surface area contributed by atoms with Crippen LogP contribution in [0.5, 0.6) is 0 Å². The van der Waals surface area contributed by atoms with Crippen molar-refractivity contribution in [2.75, 3.05) is 11.4 Å². The molecular formula is C15H25BrN2O. The van der Waals surface area contributed by atoms with E-state index in [1.54, 1.807) is 0 Å². The molecule has 0 aliphatic carbocycles. The van der Waals surface area contributed by atoms with Crippen molar-refractivity contribution >= 4 is 21.7 Å². The highest BCUT2D eigenvalue weighted by Gasteiger charge is 2.20. The maximum Gasteiger partial charge on any atom is 0.134 e. The molecule has 0 saturated heterocycles. The summed E-state index contributed by atoms with van der Waals surface area (Å²) in [5, 5.41) is 9.57. The van der Waals surface area contributed by atoms with Crippen molar-refractivity contribution in [3.05, 3.63) is 22.3 Å². The quantitative estimate of drug-likeness (QED) is 0.822. The number of aliphatic hydroxyl groups excluding tert-OH is 1. The summed E-state index contributed by atoms with van der Waals surface area (Å²) in [6, 6.07) is 2.43. The number of anilines is 1. The first kappa shape index (κ1) is 16.4. The first-order chi connectivity index (χ1) is 9.03. The maximum absolute atomic E-state index is 9.57. The van der Waals surface area contributed by atoms with Crippen molar-refractivity contribution in [3.63, 3.8) is 0 Å². The molecule has 4 heteroatoms. The third-order valence-electron chi connectivity index (χ3n) is 3.30. The van der Waals surface area contributed by atoms with E-state index in [1.165, 1.54) is 0 Å². The van der Waals surface area contributed by atoms with Gasteiger partial charge in [0.15, 0.2) is 0 Å². The molecule has 0 atom stereocenters. The summed E-state index contributed by atoms with van der Waals surface area (Å²) < 4.78 is 0.911. The standard InChI is InChI=1S/C15H25BrN2O/c1-5-14(6-2)18(9-11(3)4)15-12(10-19)7-13(16)8-17-15/h7-8,11,14,19H,5-6,9-10H2,1-4H3. The minimum atomic E-state index is 0.0243. The van der Waals surface area contributed by atoms with Gasteiger partial charge in [-0.2, -0.15) is 0 Å². The fourth-order valence-corrected chi connectivity index (χ4v) is 2.76. The van der Waals surface area contributed by atoms with E-state index in [-0.39, 0.29) is 6.61 Å². The third-order valence-corrected chi connectivity index (χ3v) is 3.73. The Hall–Kier alpha value is -0.610. The average molecular weight is 329 g/mol. The second kappa shape index (κ2) is 7.85. The summed E-state index contributed by atoms with van der Waals surface area (Å²) in [6.07, 6.45) is 3.99. The molecule has 1 N–H and O–H groups in total. The number of rotatable bonds is 7. The summed E-state index contributed by atoms with van der Waals surface area (Å²) >= 11 is 3.42. The molecule has 0 aliphatic heterocycles. The summed E-state index contributed by atoms with van der Waals surface area (Å²) in [7, 11) is 0. The Bertz CT molecular complexity index is 392. The lowest BCUT2D eigenvalue weighted by Gasteiger charge is -2.34. The lowest BCUT2D eigenvalue weighted by Crippen LogP contribution is -2.38. The SMILES string of the molecule is CCC(CC)N(CC(C)C)c1ncc(Br)cc1CO. The predicted molar refractivity (Wildman–Crippen MR) is 84.4 cm³/mol. The third kappa shape index (κ3) is 4.46. The molecule has 108 valence electrons. The van der Waals surface area contributed by atoms with E-state index in [0.29, 0.717) is 12.0 Å². The van der Waals surface area contributed by atoms with Crippen LogP contribution in [0.3, 0.4) is 0 Å². The minimum Gasteiger partial charge on any atom is -0.392 e. The lowest BCUT2D eigenvalue weighted by atomic mass is 10.1. The Labute approximate surface area is 125 Å². The second-order valence-corrected chi connectivity index (χ2v) is 6.23. The van der Waals surface area contributed by atoms with Gasteiger partial charge in [0.25, 0.3) is 0 Å². The van der Waals surface area contributed by atoms with E-state index in [2.05, 4.69) is 53.5 Å². The summed E-state index contributed by atoms with van der Waals surface area (Å²) in [5.74, 6) is 1.49. The summed E-state index contributed by atoms with van der Waals surface area (Å²) in [6.45, 7) is 9.84. The van der Waals surface area contributed by atoms with Gasteiger partial charge < -0.3 is 10.0 Å². The molecule has 1 aromatic heterocycles. The molecule has 1 heterocycles. The van der Waals surface area contributed by atoms with Gasteiger partial charge in [0.05, 0.1) is 6.61 Å². The molecule has 3 nitrogen and oxygen atoms in total. The van der Waals surface area contributed by atoms with E-state index in [9.17, 15) is 5.11 Å². The molecule has 0 amide bonds. The molecule has 1 aromatic rings. The number of nitrogens with zero attached hydrogens (tertiary/aromatic N) is 2. The van der Waals surface area contributed by atoms with Crippen LogP contribution < -0.4 is 4.90 Å². The molecule has 0 radical (unpaired) electrons. The molecular weight excluding hydrogens is 304 g/mol. The first-order valence-electron chi connectivity index (χ1n) is 7.05. The Morgan fingerprint density at radius 2 is 1.95 bits per heavy atom. The molecule has 0 saturated carbocycles. The molecule has 0 aromatic carbocycles. The van der Waals surface area contributed by atoms with Gasteiger partial charge in [0.1, 0.15) is 5.82 Å². The van der Waals surface area contributed by atoms with Gasteiger partial charge in [-0.3, -0.25) is 0 Å². The number of hydrogen-bond donors (Lipinski definition) is 1. The lowest BCUT2D eigenvalue weighted by molar-refractivity contribution is 0.281. The van der Waals surface area contributed by atoms with Crippen LogP contribution in [0.25, 0.3) is 0 Å². The van der Waals surface area contributed by atoms with Gasteiger partial charge in [-0.15, -0.1) is 0 Å². The van der Waals surface area contributed by atoms with Crippen molar-refractivity contribution in [2.45, 2.75) is 53.2 Å². The molecule has 1 rings (SSSR count). The fourth-order valence-electron chi connectivity index (χ4n) is 2.38. The van der Waals surface area contributed by atoms with E-state index in [4.69, 9.17) is 0 Å². The van der Waals surface area contributed by atoms with E-state index >= 15 is 0 Å². The highest BCUT2D eigenvalue weighted by atomic mass is 79.9. The van der Waals surface area contributed by atoms with Gasteiger partial charge in [0, 0.05) is 28.8 Å². The van der Waals surface area contributed by atoms with Crippen molar-refractivity contribution in [1.82, 2.24) is 4.98 Å². The maximum atomic E-state index is 9.57. The van der Waals surface area contributed by atoms with Crippen molar-refractivity contribution < 1.29 is 5.11 Å². The van der Waals surface area contributed by atoms with Crippen LogP contribution >= 0.6 is 15.9 Å². The monoisotopic (exact) mass is 328 g/mol. The zero-order valence-electron chi connectivity index (χ0n) is 12.4. The van der Waals surface area contributed by atoms with Gasteiger partial charge in [-0.05, 0) is 40.8 Å². The zero-order valence-corrected chi connectivity index (χ0v) is 13.9. The van der Waals surface area contributed by atoms with E-state index in [1.807, 2.05) is 12.3 Å². The Morgan fingerprint density at radius 3 is 2.42 bits per heavy atom. The number of hydrogen-bond acceptors (Lipinski definition) is 3. The Balaban J connectivity index is 3.15. The number of halogens is 1. The molecule has 0 bridgehead atoms. The van der Waals surface area contributed by atoms with E-state index in [0.717, 1.165) is 35.2 Å². The van der Waals surface area contributed by atoms with Crippen LogP contribution in [0, 0.1) is 5.92 Å². The van der Waals surface area contributed by atoms with Crippen LogP contribution in [-0.4, -0.2) is 22.7 Å². The minimum absolute atomic E-state index is 0.0243. The Morgan fingerprint density at radius 1 is 1.32 bits per heavy atom. The van der Waals surface area contributed by atoms with E-state index < -0.39 is 0 Å². The molecule has 19 heavy (non-hydrogen) atoms. The van der Waals surface area contributed by atoms with Gasteiger partial charge in [-0.1, -0.05) is 27.7 Å². The number of pyridine rings is 1. The molecule has 0 fully saturated rings. The van der Waals surface area contributed by atoms with Crippen molar-refractivity contribution in [2.24, 2.45) is 5.92 Å². The van der Waals surface area contributed by atoms with Crippen LogP contribution in [0.2, 0.25) is 0 Å². The first-order valence-corrected chi connectivity index (χ1v) is 7.84. The highest BCUT2D eigenvalue weighted by Crippen LogP contribution is 2.26. The van der Waals surface area contributed by atoms with Crippen molar-refractivity contribution in [3.8, 4) is 0 Å². The summed E-state index contributed by atoms with van der Waals surface area (Å²) in [4.78, 5) is 6.89. The number of aromatic nitrogens is 1.